The number of allylic oxidation sites excluding steroid dienone is 3. The molecule has 0 spiro atoms. The maximum atomic E-state index is 13.7. The van der Waals surface area contributed by atoms with Crippen molar-refractivity contribution in [2.75, 3.05) is 6.54 Å². The van der Waals surface area contributed by atoms with Crippen molar-refractivity contribution in [3.05, 3.63) is 57.6 Å². The van der Waals surface area contributed by atoms with Gasteiger partial charge in [0.1, 0.15) is 5.41 Å². The van der Waals surface area contributed by atoms with Crippen molar-refractivity contribution in [1.82, 2.24) is 0 Å². The van der Waals surface area contributed by atoms with Crippen LogP contribution in [0.1, 0.15) is 17.5 Å². The monoisotopic (exact) mass is 399 g/mol. The zero-order valence-electron chi connectivity index (χ0n) is 11.6. The van der Waals surface area contributed by atoms with Gasteiger partial charge in [-0.3, -0.25) is 0 Å². The van der Waals surface area contributed by atoms with Gasteiger partial charge in [-0.1, -0.05) is 45.8 Å². The maximum Gasteiger partial charge on any atom is 0.417 e. The lowest BCUT2D eigenvalue weighted by atomic mass is 9.72. The van der Waals surface area contributed by atoms with Crippen molar-refractivity contribution in [1.29, 1.82) is 0 Å². The van der Waals surface area contributed by atoms with E-state index in [4.69, 9.17) is 5.73 Å². The van der Waals surface area contributed by atoms with Crippen LogP contribution in [0.15, 0.2) is 46.5 Å². The highest BCUT2D eigenvalue weighted by Gasteiger charge is 2.55. The van der Waals surface area contributed by atoms with E-state index in [2.05, 4.69) is 15.9 Å². The lowest BCUT2D eigenvalue weighted by molar-refractivity contribution is -0.176. The van der Waals surface area contributed by atoms with Crippen LogP contribution < -0.4 is 5.73 Å². The summed E-state index contributed by atoms with van der Waals surface area (Å²) in [7, 11) is 0. The number of rotatable bonds is 2. The van der Waals surface area contributed by atoms with E-state index in [1.807, 2.05) is 0 Å². The molecule has 1 aromatic carbocycles. The first-order valence-electron chi connectivity index (χ1n) is 6.52. The van der Waals surface area contributed by atoms with Crippen molar-refractivity contribution >= 4 is 15.9 Å². The second-order valence-corrected chi connectivity index (χ2v) is 6.08. The van der Waals surface area contributed by atoms with Crippen LogP contribution in [0.4, 0.5) is 26.3 Å². The Labute approximate surface area is 137 Å². The summed E-state index contributed by atoms with van der Waals surface area (Å²) in [5.41, 5.74) is 1.61. The third-order valence-corrected chi connectivity index (χ3v) is 4.46. The fraction of sp³-hybridized carbons (Fsp3) is 0.333. The summed E-state index contributed by atoms with van der Waals surface area (Å²) in [5, 5.41) is 0. The summed E-state index contributed by atoms with van der Waals surface area (Å²) < 4.78 is 79.8. The first kappa shape index (κ1) is 18.1. The Bertz CT molecular complexity index is 659. The average molecular weight is 400 g/mol. The molecule has 0 radical (unpaired) electrons. The molecule has 1 unspecified atom stereocenters. The van der Waals surface area contributed by atoms with Gasteiger partial charge in [-0.2, -0.15) is 26.3 Å². The number of benzene rings is 1. The number of nitrogens with two attached hydrogens (primary N) is 1. The fourth-order valence-corrected chi connectivity index (χ4v) is 3.01. The molecule has 126 valence electrons. The van der Waals surface area contributed by atoms with Gasteiger partial charge in [0.25, 0.3) is 0 Å². The molecule has 0 fully saturated rings. The highest BCUT2D eigenvalue weighted by molar-refractivity contribution is 9.10. The van der Waals surface area contributed by atoms with E-state index in [1.165, 1.54) is 12.2 Å². The minimum absolute atomic E-state index is 0.0924. The van der Waals surface area contributed by atoms with E-state index in [1.54, 1.807) is 0 Å². The number of alkyl halides is 6. The SMILES string of the molecule is NCC1=CC=CC(c2ccc(Br)c(C(F)(F)F)c2)(C(F)(F)F)C1. The third kappa shape index (κ3) is 3.33. The summed E-state index contributed by atoms with van der Waals surface area (Å²) >= 11 is 2.73. The molecular weight excluding hydrogens is 388 g/mol. The standard InChI is InChI=1S/C15H12BrF6N/c16-12-4-3-10(6-11(12)14(17,18)19)13(15(20,21)22)5-1-2-9(7-13)8-23/h1-6H,7-8,23H2. The first-order valence-corrected chi connectivity index (χ1v) is 7.32. The molecule has 1 atom stereocenters. The molecule has 2 rings (SSSR count). The van der Waals surface area contributed by atoms with E-state index < -0.39 is 35.3 Å². The Morgan fingerprint density at radius 1 is 1.13 bits per heavy atom. The zero-order chi connectivity index (χ0) is 17.5. The number of hydrogen-bond donors (Lipinski definition) is 1. The highest BCUT2D eigenvalue weighted by atomic mass is 79.9. The lowest BCUT2D eigenvalue weighted by Gasteiger charge is -2.36. The summed E-state index contributed by atoms with van der Waals surface area (Å²) in [4.78, 5) is 0. The number of halogens is 7. The lowest BCUT2D eigenvalue weighted by Crippen LogP contribution is -2.42. The molecule has 0 amide bonds. The van der Waals surface area contributed by atoms with E-state index in [0.29, 0.717) is 11.6 Å². The smallest absolute Gasteiger partial charge is 0.327 e. The van der Waals surface area contributed by atoms with Crippen LogP contribution in [0.3, 0.4) is 0 Å². The molecular formula is C15H12BrF6N. The van der Waals surface area contributed by atoms with Gasteiger partial charge in [0.15, 0.2) is 0 Å². The largest absolute Gasteiger partial charge is 0.417 e. The van der Waals surface area contributed by atoms with Gasteiger partial charge in [-0.25, -0.2) is 0 Å². The minimum Gasteiger partial charge on any atom is -0.327 e. The molecule has 0 heterocycles. The van der Waals surface area contributed by atoms with Crippen molar-refractivity contribution < 1.29 is 26.3 Å². The quantitative estimate of drug-likeness (QED) is 0.686. The summed E-state index contributed by atoms with van der Waals surface area (Å²) in [6.45, 7) is -0.0924. The molecule has 2 N–H and O–H groups in total. The van der Waals surface area contributed by atoms with Crippen LogP contribution in [0.5, 0.6) is 0 Å². The van der Waals surface area contributed by atoms with Crippen molar-refractivity contribution in [2.45, 2.75) is 24.2 Å². The summed E-state index contributed by atoms with van der Waals surface area (Å²) in [6.07, 6.45) is -6.48. The predicted molar refractivity (Wildman–Crippen MR) is 77.8 cm³/mol. The molecule has 23 heavy (non-hydrogen) atoms. The zero-order valence-corrected chi connectivity index (χ0v) is 13.2. The van der Waals surface area contributed by atoms with Gasteiger partial charge < -0.3 is 5.73 Å². The van der Waals surface area contributed by atoms with E-state index >= 15 is 0 Å². The van der Waals surface area contributed by atoms with Crippen LogP contribution in [-0.2, 0) is 11.6 Å². The Morgan fingerprint density at radius 3 is 2.30 bits per heavy atom. The topological polar surface area (TPSA) is 26.0 Å². The second kappa shape index (κ2) is 5.98. The fourth-order valence-electron chi connectivity index (χ4n) is 2.54. The van der Waals surface area contributed by atoms with Crippen molar-refractivity contribution in [3.63, 3.8) is 0 Å². The van der Waals surface area contributed by atoms with Crippen LogP contribution >= 0.6 is 15.9 Å². The molecule has 0 saturated carbocycles. The molecule has 0 saturated heterocycles. The van der Waals surface area contributed by atoms with Gasteiger partial charge in [0.2, 0.25) is 0 Å². The minimum atomic E-state index is -4.76. The number of hydrogen-bond acceptors (Lipinski definition) is 1. The Kier molecular flexibility index (Phi) is 4.69. The van der Waals surface area contributed by atoms with Gasteiger partial charge in [0.05, 0.1) is 5.56 Å². The van der Waals surface area contributed by atoms with Crippen molar-refractivity contribution in [2.24, 2.45) is 5.73 Å². The van der Waals surface area contributed by atoms with Gasteiger partial charge in [0, 0.05) is 11.0 Å². The molecule has 0 aromatic heterocycles. The summed E-state index contributed by atoms with van der Waals surface area (Å²) in [6, 6.07) is 2.58. The predicted octanol–water partition coefficient (Wildman–Crippen LogP) is 5.11. The van der Waals surface area contributed by atoms with Crippen LogP contribution in [-0.4, -0.2) is 12.7 Å². The molecule has 1 nitrogen and oxygen atoms in total. The van der Waals surface area contributed by atoms with E-state index in [0.717, 1.165) is 18.2 Å². The summed E-state index contributed by atoms with van der Waals surface area (Å²) in [5.74, 6) is 0. The van der Waals surface area contributed by atoms with E-state index in [9.17, 15) is 26.3 Å². The Hall–Kier alpha value is -1.28. The molecule has 1 aliphatic carbocycles. The van der Waals surface area contributed by atoms with Gasteiger partial charge in [-0.05, 0) is 24.1 Å². The molecule has 8 heteroatoms. The molecule has 0 aliphatic heterocycles. The normalized spacial score (nSPS) is 22.2. The average Bonchev–Trinajstić information content (AvgIpc) is 2.45. The molecule has 1 aliphatic rings. The van der Waals surface area contributed by atoms with Gasteiger partial charge in [-0.15, -0.1) is 0 Å². The van der Waals surface area contributed by atoms with Crippen LogP contribution in [0.25, 0.3) is 0 Å². The Morgan fingerprint density at radius 2 is 1.78 bits per heavy atom. The second-order valence-electron chi connectivity index (χ2n) is 5.23. The maximum absolute atomic E-state index is 13.7. The van der Waals surface area contributed by atoms with Crippen LogP contribution in [0.2, 0.25) is 0 Å². The Balaban J connectivity index is 2.64. The first-order chi connectivity index (χ1) is 10.5. The van der Waals surface area contributed by atoms with Crippen LogP contribution in [0, 0.1) is 0 Å². The van der Waals surface area contributed by atoms with Gasteiger partial charge >= 0.3 is 12.4 Å². The highest BCUT2D eigenvalue weighted by Crippen LogP contribution is 2.49. The third-order valence-electron chi connectivity index (χ3n) is 3.77. The van der Waals surface area contributed by atoms with E-state index in [-0.39, 0.29) is 11.0 Å². The molecule has 0 bridgehead atoms. The van der Waals surface area contributed by atoms with Crippen molar-refractivity contribution in [3.8, 4) is 0 Å². The molecule has 1 aromatic rings.